The van der Waals surface area contributed by atoms with Crippen molar-refractivity contribution in [2.75, 3.05) is 13.1 Å². The average molecular weight is 247 g/mol. The second-order valence-electron chi connectivity index (χ2n) is 6.00. The molecule has 1 aliphatic rings. The van der Waals surface area contributed by atoms with E-state index in [9.17, 15) is 9.90 Å². The van der Waals surface area contributed by atoms with Crippen molar-refractivity contribution in [1.82, 2.24) is 4.90 Å². The van der Waals surface area contributed by atoms with Crippen LogP contribution in [0.15, 0.2) is 18.2 Å². The predicted molar refractivity (Wildman–Crippen MR) is 71.8 cm³/mol. The first-order chi connectivity index (χ1) is 8.39. The Morgan fingerprint density at radius 3 is 2.72 bits per heavy atom. The maximum absolute atomic E-state index is 12.4. The Morgan fingerprint density at radius 2 is 2.11 bits per heavy atom. The molecule has 0 atom stereocenters. The molecule has 1 aromatic rings. The van der Waals surface area contributed by atoms with E-state index in [1.54, 1.807) is 18.2 Å². The standard InChI is InChI=1S/C15H21NO2/c1-11-5-6-12(9-13(11)17)14(18)16-8-4-7-15(2,3)10-16/h5-6,9,17H,4,7-8,10H2,1-3H3. The van der Waals surface area contributed by atoms with E-state index in [-0.39, 0.29) is 17.1 Å². The first kappa shape index (κ1) is 12.9. The van der Waals surface area contributed by atoms with Crippen LogP contribution in [0.1, 0.15) is 42.6 Å². The predicted octanol–water partition coefficient (Wildman–Crippen LogP) is 2.96. The first-order valence-corrected chi connectivity index (χ1v) is 6.48. The number of amides is 1. The van der Waals surface area contributed by atoms with E-state index < -0.39 is 0 Å². The molecule has 98 valence electrons. The van der Waals surface area contributed by atoms with Gasteiger partial charge in [-0.3, -0.25) is 4.79 Å². The van der Waals surface area contributed by atoms with Crippen molar-refractivity contribution in [1.29, 1.82) is 0 Å². The molecule has 1 aliphatic heterocycles. The molecule has 3 nitrogen and oxygen atoms in total. The molecule has 0 aromatic heterocycles. The second-order valence-corrected chi connectivity index (χ2v) is 6.00. The minimum absolute atomic E-state index is 0.0260. The SMILES string of the molecule is Cc1ccc(C(=O)N2CCCC(C)(C)C2)cc1O. The number of carbonyl (C=O) groups is 1. The lowest BCUT2D eigenvalue weighted by molar-refractivity contribution is 0.0583. The minimum atomic E-state index is 0.0260. The summed E-state index contributed by atoms with van der Waals surface area (Å²) in [5.41, 5.74) is 1.57. The number of hydrogen-bond donors (Lipinski definition) is 1. The number of aryl methyl sites for hydroxylation is 1. The van der Waals surface area contributed by atoms with Gasteiger partial charge in [-0.05, 0) is 42.9 Å². The Balaban J connectivity index is 2.18. The number of aromatic hydroxyl groups is 1. The number of rotatable bonds is 1. The van der Waals surface area contributed by atoms with E-state index in [1.807, 2.05) is 11.8 Å². The molecular weight excluding hydrogens is 226 g/mol. The summed E-state index contributed by atoms with van der Waals surface area (Å²) in [6, 6.07) is 5.15. The lowest BCUT2D eigenvalue weighted by Crippen LogP contribution is -2.43. The summed E-state index contributed by atoms with van der Waals surface area (Å²) in [6.07, 6.45) is 2.21. The Labute approximate surface area is 108 Å². The van der Waals surface area contributed by atoms with Crippen LogP contribution in [0.3, 0.4) is 0 Å². The number of phenolic OH excluding ortho intramolecular Hbond substituents is 1. The molecule has 18 heavy (non-hydrogen) atoms. The third kappa shape index (κ3) is 2.66. The summed E-state index contributed by atoms with van der Waals surface area (Å²) < 4.78 is 0. The van der Waals surface area contributed by atoms with E-state index >= 15 is 0 Å². The molecule has 1 N–H and O–H groups in total. The van der Waals surface area contributed by atoms with E-state index in [4.69, 9.17) is 0 Å². The third-order valence-electron chi connectivity index (χ3n) is 3.64. The number of phenols is 1. The van der Waals surface area contributed by atoms with Crippen molar-refractivity contribution in [3.8, 4) is 5.75 Å². The normalized spacial score (nSPS) is 18.7. The van der Waals surface area contributed by atoms with E-state index in [0.29, 0.717) is 5.56 Å². The molecule has 1 heterocycles. The number of hydrogen-bond acceptors (Lipinski definition) is 2. The van der Waals surface area contributed by atoms with Crippen molar-refractivity contribution < 1.29 is 9.90 Å². The zero-order valence-electron chi connectivity index (χ0n) is 11.4. The zero-order valence-corrected chi connectivity index (χ0v) is 11.4. The molecule has 1 amide bonds. The van der Waals surface area contributed by atoms with E-state index in [2.05, 4.69) is 13.8 Å². The molecule has 0 radical (unpaired) electrons. The molecule has 0 bridgehead atoms. The number of nitrogens with zero attached hydrogens (tertiary/aromatic N) is 1. The van der Waals surface area contributed by atoms with Gasteiger partial charge in [0, 0.05) is 18.7 Å². The average Bonchev–Trinajstić information content (AvgIpc) is 2.30. The molecule has 1 saturated heterocycles. The maximum atomic E-state index is 12.4. The highest BCUT2D eigenvalue weighted by Gasteiger charge is 2.29. The van der Waals surface area contributed by atoms with Gasteiger partial charge in [-0.1, -0.05) is 19.9 Å². The summed E-state index contributed by atoms with van der Waals surface area (Å²) in [7, 11) is 0. The van der Waals surface area contributed by atoms with Crippen molar-refractivity contribution in [3.05, 3.63) is 29.3 Å². The first-order valence-electron chi connectivity index (χ1n) is 6.48. The summed E-state index contributed by atoms with van der Waals surface area (Å²) >= 11 is 0. The van der Waals surface area contributed by atoms with Crippen molar-refractivity contribution in [2.45, 2.75) is 33.6 Å². The lowest BCUT2D eigenvalue weighted by Gasteiger charge is -2.38. The van der Waals surface area contributed by atoms with Crippen LogP contribution in [0.5, 0.6) is 5.75 Å². The van der Waals surface area contributed by atoms with Crippen LogP contribution in [0.2, 0.25) is 0 Å². The van der Waals surface area contributed by atoms with Gasteiger partial charge >= 0.3 is 0 Å². The highest BCUT2D eigenvalue weighted by molar-refractivity contribution is 5.94. The number of benzene rings is 1. The Hall–Kier alpha value is -1.51. The van der Waals surface area contributed by atoms with Gasteiger partial charge in [-0.15, -0.1) is 0 Å². The largest absolute Gasteiger partial charge is 0.508 e. The van der Waals surface area contributed by atoms with Gasteiger partial charge < -0.3 is 10.0 Å². The summed E-state index contributed by atoms with van der Waals surface area (Å²) in [5.74, 6) is 0.218. The Morgan fingerprint density at radius 1 is 1.39 bits per heavy atom. The van der Waals surface area contributed by atoms with Crippen LogP contribution < -0.4 is 0 Å². The molecule has 1 aromatic carbocycles. The molecule has 0 spiro atoms. The van der Waals surface area contributed by atoms with E-state index in [1.165, 1.54) is 0 Å². The number of carbonyl (C=O) groups excluding carboxylic acids is 1. The smallest absolute Gasteiger partial charge is 0.254 e. The Kier molecular flexibility index (Phi) is 3.33. The second kappa shape index (κ2) is 4.63. The summed E-state index contributed by atoms with van der Waals surface area (Å²) in [4.78, 5) is 14.3. The van der Waals surface area contributed by atoms with Crippen molar-refractivity contribution >= 4 is 5.91 Å². The fourth-order valence-electron chi connectivity index (χ4n) is 2.52. The fraction of sp³-hybridized carbons (Fsp3) is 0.533. The highest BCUT2D eigenvalue weighted by atomic mass is 16.3. The topological polar surface area (TPSA) is 40.5 Å². The van der Waals surface area contributed by atoms with E-state index in [0.717, 1.165) is 31.5 Å². The molecule has 0 saturated carbocycles. The van der Waals surface area contributed by atoms with Crippen LogP contribution in [0, 0.1) is 12.3 Å². The molecule has 0 aliphatic carbocycles. The van der Waals surface area contributed by atoms with Gasteiger partial charge in [0.15, 0.2) is 0 Å². The summed E-state index contributed by atoms with van der Waals surface area (Å²) in [6.45, 7) is 7.82. The Bertz CT molecular complexity index is 466. The van der Waals surface area contributed by atoms with Gasteiger partial charge in [-0.2, -0.15) is 0 Å². The monoisotopic (exact) mass is 247 g/mol. The number of likely N-dealkylation sites (tertiary alicyclic amines) is 1. The fourth-order valence-corrected chi connectivity index (χ4v) is 2.52. The molecular formula is C15H21NO2. The van der Waals surface area contributed by atoms with Crippen molar-refractivity contribution in [3.63, 3.8) is 0 Å². The van der Waals surface area contributed by atoms with Crippen LogP contribution in [0.25, 0.3) is 0 Å². The molecule has 2 rings (SSSR count). The maximum Gasteiger partial charge on any atom is 0.254 e. The van der Waals surface area contributed by atoms with Gasteiger partial charge in [-0.25, -0.2) is 0 Å². The molecule has 1 fully saturated rings. The van der Waals surface area contributed by atoms with Gasteiger partial charge in [0.25, 0.3) is 5.91 Å². The molecule has 3 heteroatoms. The lowest BCUT2D eigenvalue weighted by atomic mass is 9.84. The van der Waals surface area contributed by atoms with Crippen molar-refractivity contribution in [2.24, 2.45) is 5.41 Å². The van der Waals surface area contributed by atoms with Crippen LogP contribution >= 0.6 is 0 Å². The minimum Gasteiger partial charge on any atom is -0.508 e. The summed E-state index contributed by atoms with van der Waals surface area (Å²) in [5, 5.41) is 9.68. The third-order valence-corrected chi connectivity index (χ3v) is 3.64. The zero-order chi connectivity index (χ0) is 13.3. The van der Waals surface area contributed by atoms with Gasteiger partial charge in [0.05, 0.1) is 0 Å². The number of piperidine rings is 1. The quantitative estimate of drug-likeness (QED) is 0.828. The highest BCUT2D eigenvalue weighted by Crippen LogP contribution is 2.29. The van der Waals surface area contributed by atoms with Crippen LogP contribution in [-0.4, -0.2) is 29.0 Å². The van der Waals surface area contributed by atoms with Gasteiger partial charge in [0.1, 0.15) is 5.75 Å². The molecule has 0 unspecified atom stereocenters. The van der Waals surface area contributed by atoms with Crippen LogP contribution in [-0.2, 0) is 0 Å². The van der Waals surface area contributed by atoms with Crippen LogP contribution in [0.4, 0.5) is 0 Å². The van der Waals surface area contributed by atoms with Gasteiger partial charge in [0.2, 0.25) is 0 Å².